The van der Waals surface area contributed by atoms with E-state index in [1.165, 1.54) is 11.1 Å². The first-order chi connectivity index (χ1) is 8.47. The first-order valence-electron chi connectivity index (χ1n) is 6.33. The molecular weight excluding hydrogens is 240 g/mol. The first-order valence-corrected chi connectivity index (χ1v) is 10.0. The second-order valence-electron chi connectivity index (χ2n) is 5.79. The standard InChI is InChI=1S/C15H24O2Si/c1-14(12-18(2,3)4)10-16-13-17-11-15-8-6-5-7-9-15/h5-9H,1,10-13H2,2-4H3. The Bertz CT molecular complexity index is 355. The van der Waals surface area contributed by atoms with Gasteiger partial charge < -0.3 is 9.47 Å². The molecule has 18 heavy (non-hydrogen) atoms. The molecule has 0 bridgehead atoms. The Morgan fingerprint density at radius 1 is 1.11 bits per heavy atom. The van der Waals surface area contributed by atoms with Crippen molar-refractivity contribution in [3.8, 4) is 0 Å². The molecule has 0 fully saturated rings. The molecule has 0 radical (unpaired) electrons. The molecule has 1 rings (SSSR count). The molecule has 0 aliphatic heterocycles. The van der Waals surface area contributed by atoms with Crippen molar-refractivity contribution >= 4 is 8.07 Å². The maximum absolute atomic E-state index is 5.46. The Morgan fingerprint density at radius 2 is 1.78 bits per heavy atom. The summed E-state index contributed by atoms with van der Waals surface area (Å²) in [6.45, 7) is 12.6. The summed E-state index contributed by atoms with van der Waals surface area (Å²) in [5, 5.41) is 0. The van der Waals surface area contributed by atoms with Gasteiger partial charge in [-0.05, 0) is 11.6 Å². The summed E-state index contributed by atoms with van der Waals surface area (Å²) in [7, 11) is -1.06. The van der Waals surface area contributed by atoms with Crippen molar-refractivity contribution < 1.29 is 9.47 Å². The summed E-state index contributed by atoms with van der Waals surface area (Å²) >= 11 is 0. The van der Waals surface area contributed by atoms with E-state index in [0.29, 0.717) is 20.0 Å². The lowest BCUT2D eigenvalue weighted by atomic mass is 10.2. The summed E-state index contributed by atoms with van der Waals surface area (Å²) in [4.78, 5) is 0. The lowest BCUT2D eigenvalue weighted by molar-refractivity contribution is -0.0539. The van der Waals surface area contributed by atoms with E-state index in [1.807, 2.05) is 30.3 Å². The van der Waals surface area contributed by atoms with Crippen LogP contribution >= 0.6 is 0 Å². The minimum Gasteiger partial charge on any atom is -0.351 e. The molecule has 2 nitrogen and oxygen atoms in total. The lowest BCUT2D eigenvalue weighted by Gasteiger charge is -2.17. The van der Waals surface area contributed by atoms with Crippen LogP contribution in [0.2, 0.25) is 25.7 Å². The van der Waals surface area contributed by atoms with E-state index >= 15 is 0 Å². The molecule has 0 saturated heterocycles. The number of rotatable bonds is 8. The van der Waals surface area contributed by atoms with Crippen LogP contribution in [0.1, 0.15) is 5.56 Å². The smallest absolute Gasteiger partial charge is 0.147 e. The molecule has 0 aliphatic carbocycles. The summed E-state index contributed by atoms with van der Waals surface area (Å²) in [6, 6.07) is 11.2. The van der Waals surface area contributed by atoms with Crippen LogP contribution in [0.3, 0.4) is 0 Å². The SMILES string of the molecule is C=C(COCOCc1ccccc1)C[Si](C)(C)C. The zero-order valence-electron chi connectivity index (χ0n) is 11.7. The average Bonchev–Trinajstić information content (AvgIpc) is 2.27. The number of hydrogen-bond donors (Lipinski definition) is 0. The second kappa shape index (κ2) is 7.51. The van der Waals surface area contributed by atoms with Gasteiger partial charge in [0.2, 0.25) is 0 Å². The quantitative estimate of drug-likeness (QED) is 0.305. The van der Waals surface area contributed by atoms with Crippen LogP contribution in [0.5, 0.6) is 0 Å². The zero-order chi connectivity index (χ0) is 13.4. The van der Waals surface area contributed by atoms with Crippen LogP contribution in [-0.4, -0.2) is 21.5 Å². The third kappa shape index (κ3) is 7.43. The summed E-state index contributed by atoms with van der Waals surface area (Å²) in [5.74, 6) is 0. The Morgan fingerprint density at radius 3 is 2.39 bits per heavy atom. The minimum atomic E-state index is -1.06. The van der Waals surface area contributed by atoms with E-state index in [0.717, 1.165) is 6.04 Å². The Labute approximate surface area is 112 Å². The van der Waals surface area contributed by atoms with E-state index in [1.54, 1.807) is 0 Å². The van der Waals surface area contributed by atoms with Gasteiger partial charge in [-0.2, -0.15) is 0 Å². The highest BCUT2D eigenvalue weighted by molar-refractivity contribution is 6.76. The van der Waals surface area contributed by atoms with Crippen LogP contribution in [0, 0.1) is 0 Å². The fraction of sp³-hybridized carbons (Fsp3) is 0.467. The summed E-state index contributed by atoms with van der Waals surface area (Å²) < 4.78 is 10.9. The van der Waals surface area contributed by atoms with E-state index in [2.05, 4.69) is 26.2 Å². The molecule has 0 heterocycles. The van der Waals surface area contributed by atoms with Crippen molar-refractivity contribution in [1.82, 2.24) is 0 Å². The van der Waals surface area contributed by atoms with Crippen molar-refractivity contribution in [2.24, 2.45) is 0 Å². The molecule has 0 atom stereocenters. The third-order valence-electron chi connectivity index (χ3n) is 2.36. The van der Waals surface area contributed by atoms with Crippen molar-refractivity contribution in [3.63, 3.8) is 0 Å². The van der Waals surface area contributed by atoms with Crippen molar-refractivity contribution in [3.05, 3.63) is 48.0 Å². The number of hydrogen-bond acceptors (Lipinski definition) is 2. The minimum absolute atomic E-state index is 0.333. The summed E-state index contributed by atoms with van der Waals surface area (Å²) in [6.07, 6.45) is 0. The Balaban J connectivity index is 2.07. The second-order valence-corrected chi connectivity index (χ2v) is 11.3. The Hall–Kier alpha value is -0.903. The molecule has 0 amide bonds. The molecule has 0 saturated carbocycles. The van der Waals surface area contributed by atoms with Gasteiger partial charge in [-0.25, -0.2) is 0 Å². The van der Waals surface area contributed by atoms with E-state index in [-0.39, 0.29) is 0 Å². The van der Waals surface area contributed by atoms with Crippen molar-refractivity contribution in [2.75, 3.05) is 13.4 Å². The molecule has 0 N–H and O–H groups in total. The maximum Gasteiger partial charge on any atom is 0.147 e. The highest BCUT2D eigenvalue weighted by Gasteiger charge is 2.14. The molecule has 1 aromatic carbocycles. The van der Waals surface area contributed by atoms with Crippen LogP contribution in [0.4, 0.5) is 0 Å². The van der Waals surface area contributed by atoms with E-state index in [4.69, 9.17) is 9.47 Å². The van der Waals surface area contributed by atoms with Gasteiger partial charge in [0.05, 0.1) is 13.2 Å². The molecular formula is C15H24O2Si. The van der Waals surface area contributed by atoms with Crippen molar-refractivity contribution in [1.29, 1.82) is 0 Å². The molecule has 0 unspecified atom stereocenters. The van der Waals surface area contributed by atoms with Crippen LogP contribution in [0.25, 0.3) is 0 Å². The third-order valence-corrected chi connectivity index (χ3v) is 3.93. The van der Waals surface area contributed by atoms with Gasteiger partial charge in [0.15, 0.2) is 0 Å². The molecule has 0 aliphatic rings. The van der Waals surface area contributed by atoms with Crippen LogP contribution in [0.15, 0.2) is 42.5 Å². The van der Waals surface area contributed by atoms with E-state index < -0.39 is 8.07 Å². The fourth-order valence-electron chi connectivity index (χ4n) is 1.78. The van der Waals surface area contributed by atoms with Crippen LogP contribution < -0.4 is 0 Å². The number of ether oxygens (including phenoxy) is 2. The van der Waals surface area contributed by atoms with Gasteiger partial charge in [-0.3, -0.25) is 0 Å². The highest BCUT2D eigenvalue weighted by atomic mass is 28.3. The van der Waals surface area contributed by atoms with Gasteiger partial charge >= 0.3 is 0 Å². The van der Waals surface area contributed by atoms with Gasteiger partial charge in [-0.1, -0.05) is 62.1 Å². The van der Waals surface area contributed by atoms with Gasteiger partial charge in [0.25, 0.3) is 0 Å². The van der Waals surface area contributed by atoms with E-state index in [9.17, 15) is 0 Å². The monoisotopic (exact) mass is 264 g/mol. The molecule has 0 spiro atoms. The highest BCUT2D eigenvalue weighted by Crippen LogP contribution is 2.14. The predicted octanol–water partition coefficient (Wildman–Crippen LogP) is 4.07. The van der Waals surface area contributed by atoms with Crippen LogP contribution in [-0.2, 0) is 16.1 Å². The topological polar surface area (TPSA) is 18.5 Å². The van der Waals surface area contributed by atoms with Crippen molar-refractivity contribution in [2.45, 2.75) is 32.3 Å². The molecule has 0 aromatic heterocycles. The number of benzene rings is 1. The Kier molecular flexibility index (Phi) is 6.33. The lowest BCUT2D eigenvalue weighted by Crippen LogP contribution is -2.21. The average molecular weight is 264 g/mol. The van der Waals surface area contributed by atoms with Gasteiger partial charge in [0.1, 0.15) is 6.79 Å². The normalized spacial score (nSPS) is 11.5. The maximum atomic E-state index is 5.46. The summed E-state index contributed by atoms with van der Waals surface area (Å²) in [5.41, 5.74) is 2.35. The van der Waals surface area contributed by atoms with Gasteiger partial charge in [0, 0.05) is 8.07 Å². The molecule has 100 valence electrons. The zero-order valence-corrected chi connectivity index (χ0v) is 12.7. The largest absolute Gasteiger partial charge is 0.351 e. The molecule has 1 aromatic rings. The first kappa shape index (κ1) is 15.2. The predicted molar refractivity (Wildman–Crippen MR) is 79.3 cm³/mol. The molecule has 3 heteroatoms. The van der Waals surface area contributed by atoms with Gasteiger partial charge in [-0.15, -0.1) is 0 Å². The fourth-order valence-corrected chi connectivity index (χ4v) is 3.38.